The summed E-state index contributed by atoms with van der Waals surface area (Å²) in [5.74, 6) is -0.265. The summed E-state index contributed by atoms with van der Waals surface area (Å²) in [5.41, 5.74) is 1.44. The number of benzene rings is 2. The van der Waals surface area contributed by atoms with Gasteiger partial charge in [-0.25, -0.2) is 9.18 Å². The van der Waals surface area contributed by atoms with Gasteiger partial charge in [-0.05, 0) is 49.4 Å². The molecule has 1 amide bonds. The Bertz CT molecular complexity index is 883. The number of anilines is 1. The fraction of sp³-hybridized carbons (Fsp3) is 0.417. The molecule has 7 heteroatoms. The van der Waals surface area contributed by atoms with E-state index in [1.807, 2.05) is 30.3 Å². The topological polar surface area (TPSA) is 53.1 Å². The minimum absolute atomic E-state index is 0.0599. The van der Waals surface area contributed by atoms with Gasteiger partial charge in [0.15, 0.2) is 5.78 Å². The third kappa shape index (κ3) is 5.68. The molecule has 0 aliphatic carbocycles. The average molecular weight is 426 g/mol. The number of hydrogen-bond donors (Lipinski definition) is 0. The van der Waals surface area contributed by atoms with Crippen LogP contribution in [0.15, 0.2) is 54.6 Å². The van der Waals surface area contributed by atoms with Crippen LogP contribution in [0.5, 0.6) is 0 Å². The van der Waals surface area contributed by atoms with E-state index in [0.717, 1.165) is 51.4 Å². The van der Waals surface area contributed by atoms with E-state index in [-0.39, 0.29) is 23.8 Å². The van der Waals surface area contributed by atoms with Gasteiger partial charge in [0.1, 0.15) is 11.9 Å². The maximum absolute atomic E-state index is 13.0. The highest BCUT2D eigenvalue weighted by atomic mass is 19.1. The highest BCUT2D eigenvalue weighted by Crippen LogP contribution is 2.22. The van der Waals surface area contributed by atoms with Crippen molar-refractivity contribution in [2.75, 3.05) is 50.7 Å². The number of carbonyl (C=O) groups is 2. The first kappa shape index (κ1) is 21.5. The van der Waals surface area contributed by atoms with Crippen LogP contribution in [0.25, 0.3) is 0 Å². The molecule has 0 spiro atoms. The Balaban J connectivity index is 1.15. The zero-order valence-electron chi connectivity index (χ0n) is 17.6. The van der Waals surface area contributed by atoms with Crippen molar-refractivity contribution < 1.29 is 18.7 Å². The number of carbonyl (C=O) groups excluding carboxylic acids is 2. The first-order valence-electron chi connectivity index (χ1n) is 10.8. The Morgan fingerprint density at radius 1 is 0.968 bits per heavy atom. The van der Waals surface area contributed by atoms with E-state index < -0.39 is 0 Å². The zero-order chi connectivity index (χ0) is 21.6. The lowest BCUT2D eigenvalue weighted by molar-refractivity contribution is 0.0755. The van der Waals surface area contributed by atoms with Crippen molar-refractivity contribution in [2.24, 2.45) is 0 Å². The van der Waals surface area contributed by atoms with Gasteiger partial charge in [0.25, 0.3) is 0 Å². The molecule has 2 saturated heterocycles. The van der Waals surface area contributed by atoms with Crippen LogP contribution in [0.4, 0.5) is 14.9 Å². The van der Waals surface area contributed by atoms with Crippen LogP contribution >= 0.6 is 0 Å². The first-order valence-corrected chi connectivity index (χ1v) is 10.8. The summed E-state index contributed by atoms with van der Waals surface area (Å²) in [4.78, 5) is 30.8. The van der Waals surface area contributed by atoms with Gasteiger partial charge in [0, 0.05) is 50.4 Å². The summed E-state index contributed by atoms with van der Waals surface area (Å²) < 4.78 is 18.5. The van der Waals surface area contributed by atoms with Gasteiger partial charge in [-0.15, -0.1) is 0 Å². The minimum atomic E-state index is -0.324. The predicted octanol–water partition coefficient (Wildman–Crippen LogP) is 3.43. The minimum Gasteiger partial charge on any atom is -0.443 e. The second-order valence-corrected chi connectivity index (χ2v) is 8.13. The summed E-state index contributed by atoms with van der Waals surface area (Å²) in [6.07, 6.45) is 0.870. The smallest absolute Gasteiger partial charge is 0.414 e. The lowest BCUT2D eigenvalue weighted by Crippen LogP contribution is -2.49. The number of halogens is 1. The van der Waals surface area contributed by atoms with Crippen LogP contribution in [0.2, 0.25) is 0 Å². The predicted molar refractivity (Wildman–Crippen MR) is 117 cm³/mol. The maximum Gasteiger partial charge on any atom is 0.414 e. The summed E-state index contributed by atoms with van der Waals surface area (Å²) in [6, 6.07) is 15.4. The molecule has 0 bridgehead atoms. The molecule has 0 saturated carbocycles. The van der Waals surface area contributed by atoms with Crippen LogP contribution in [0, 0.1) is 5.82 Å². The number of Topliss-reactive ketones (excluding diaryl/α,β-unsaturated/α-hetero) is 1. The van der Waals surface area contributed by atoms with Gasteiger partial charge in [-0.1, -0.05) is 18.2 Å². The SMILES string of the molecule is O=C(CCCN1CCN(CC2CN(c3ccccc3)C(=O)O2)CC1)c1ccc(F)cc1. The number of piperazine rings is 1. The van der Waals surface area contributed by atoms with Crippen molar-refractivity contribution in [3.63, 3.8) is 0 Å². The standard InChI is InChI=1S/C24H28FN3O3/c25-20-10-8-19(9-11-20)23(29)7-4-12-26-13-15-27(16-14-26)17-22-18-28(24(30)31-22)21-5-2-1-3-6-21/h1-3,5-6,8-11,22H,4,7,12-18H2. The summed E-state index contributed by atoms with van der Waals surface area (Å²) >= 11 is 0. The van der Waals surface area contributed by atoms with Gasteiger partial charge in [-0.2, -0.15) is 0 Å². The fourth-order valence-electron chi connectivity index (χ4n) is 4.16. The molecule has 2 aromatic carbocycles. The van der Waals surface area contributed by atoms with Gasteiger partial charge in [0.05, 0.1) is 6.54 Å². The van der Waals surface area contributed by atoms with E-state index in [1.54, 1.807) is 17.0 Å². The third-order valence-electron chi connectivity index (χ3n) is 5.91. The number of amides is 1. The highest BCUT2D eigenvalue weighted by molar-refractivity contribution is 5.96. The van der Waals surface area contributed by atoms with E-state index >= 15 is 0 Å². The first-order chi connectivity index (χ1) is 15.1. The molecule has 164 valence electrons. The molecule has 1 atom stereocenters. The number of ether oxygens (including phenoxy) is 1. The number of cyclic esters (lactones) is 1. The molecule has 4 rings (SSSR count). The molecule has 0 radical (unpaired) electrons. The normalized spacial score (nSPS) is 20.1. The van der Waals surface area contributed by atoms with Crippen molar-refractivity contribution in [3.8, 4) is 0 Å². The number of rotatable bonds is 8. The molecular formula is C24H28FN3O3. The van der Waals surface area contributed by atoms with Gasteiger partial charge < -0.3 is 9.64 Å². The molecular weight excluding hydrogens is 397 g/mol. The van der Waals surface area contributed by atoms with Crippen molar-refractivity contribution in [1.82, 2.24) is 9.80 Å². The number of nitrogens with zero attached hydrogens (tertiary/aromatic N) is 3. The fourth-order valence-corrected chi connectivity index (χ4v) is 4.16. The zero-order valence-corrected chi connectivity index (χ0v) is 17.6. The molecule has 2 aliphatic heterocycles. The Labute approximate surface area is 182 Å². The maximum atomic E-state index is 13.0. The second-order valence-electron chi connectivity index (χ2n) is 8.13. The molecule has 6 nitrogen and oxygen atoms in total. The van der Waals surface area contributed by atoms with E-state index in [4.69, 9.17) is 4.74 Å². The van der Waals surface area contributed by atoms with Gasteiger partial charge in [-0.3, -0.25) is 14.6 Å². The Kier molecular flexibility index (Phi) is 6.94. The molecule has 2 aliphatic rings. The Morgan fingerprint density at radius 3 is 2.35 bits per heavy atom. The van der Waals surface area contributed by atoms with Crippen LogP contribution in [-0.4, -0.2) is 73.6 Å². The van der Waals surface area contributed by atoms with Crippen molar-refractivity contribution >= 4 is 17.6 Å². The van der Waals surface area contributed by atoms with E-state index in [0.29, 0.717) is 18.5 Å². The van der Waals surface area contributed by atoms with Gasteiger partial charge >= 0.3 is 6.09 Å². The molecule has 1 unspecified atom stereocenters. The summed E-state index contributed by atoms with van der Waals surface area (Å²) in [6.45, 7) is 5.92. The molecule has 2 fully saturated rings. The lowest BCUT2D eigenvalue weighted by atomic mass is 10.1. The second kappa shape index (κ2) is 10.0. The number of para-hydroxylation sites is 1. The molecule has 0 N–H and O–H groups in total. The number of ketones is 1. The largest absolute Gasteiger partial charge is 0.443 e. The van der Waals surface area contributed by atoms with Crippen molar-refractivity contribution in [3.05, 3.63) is 66.0 Å². The Morgan fingerprint density at radius 2 is 1.65 bits per heavy atom. The summed E-state index contributed by atoms with van der Waals surface area (Å²) in [5, 5.41) is 0. The van der Waals surface area contributed by atoms with Crippen molar-refractivity contribution in [1.29, 1.82) is 0 Å². The lowest BCUT2D eigenvalue weighted by Gasteiger charge is -2.35. The van der Waals surface area contributed by atoms with E-state index in [1.165, 1.54) is 12.1 Å². The monoisotopic (exact) mass is 425 g/mol. The van der Waals surface area contributed by atoms with Crippen LogP contribution in [-0.2, 0) is 4.74 Å². The molecule has 0 aromatic heterocycles. The van der Waals surface area contributed by atoms with Crippen LogP contribution in [0.3, 0.4) is 0 Å². The molecule has 2 aromatic rings. The van der Waals surface area contributed by atoms with E-state index in [9.17, 15) is 14.0 Å². The summed E-state index contributed by atoms with van der Waals surface area (Å²) in [7, 11) is 0. The molecule has 31 heavy (non-hydrogen) atoms. The number of hydrogen-bond acceptors (Lipinski definition) is 5. The Hall–Kier alpha value is -2.77. The van der Waals surface area contributed by atoms with Gasteiger partial charge in [0.2, 0.25) is 0 Å². The van der Waals surface area contributed by atoms with E-state index in [2.05, 4.69) is 9.80 Å². The van der Waals surface area contributed by atoms with Crippen molar-refractivity contribution in [2.45, 2.75) is 18.9 Å². The highest BCUT2D eigenvalue weighted by Gasteiger charge is 2.33. The quantitative estimate of drug-likeness (QED) is 0.607. The third-order valence-corrected chi connectivity index (χ3v) is 5.91. The average Bonchev–Trinajstić information content (AvgIpc) is 3.16. The molecule has 2 heterocycles. The van der Waals surface area contributed by atoms with Crippen LogP contribution < -0.4 is 4.90 Å². The van der Waals surface area contributed by atoms with Crippen LogP contribution in [0.1, 0.15) is 23.2 Å².